The van der Waals surface area contributed by atoms with Crippen LogP contribution in [0.15, 0.2) is 24.3 Å². The third-order valence-corrected chi connectivity index (χ3v) is 5.00. The molecule has 21 heavy (non-hydrogen) atoms. The van der Waals surface area contributed by atoms with E-state index in [4.69, 9.17) is 4.74 Å². The van der Waals surface area contributed by atoms with Crippen molar-refractivity contribution in [2.75, 3.05) is 26.2 Å². The smallest absolute Gasteiger partial charge is 0.264 e. The van der Waals surface area contributed by atoms with E-state index >= 15 is 0 Å². The number of carbonyl (C=O) groups is 1. The zero-order valence-corrected chi connectivity index (χ0v) is 12.8. The summed E-state index contributed by atoms with van der Waals surface area (Å²) in [5.74, 6) is 1.05. The highest BCUT2D eigenvalue weighted by Crippen LogP contribution is 2.37. The highest BCUT2D eigenvalue weighted by Gasteiger charge is 2.44. The SMILES string of the molecule is Cl.O=C(C1Cc2ccccc2O1)N1CCC2(CCNC2)C1. The minimum atomic E-state index is -0.308. The zero-order valence-electron chi connectivity index (χ0n) is 12.0. The van der Waals surface area contributed by atoms with E-state index in [1.807, 2.05) is 23.1 Å². The van der Waals surface area contributed by atoms with Crippen LogP contribution in [-0.4, -0.2) is 43.1 Å². The number of amides is 1. The Morgan fingerprint density at radius 2 is 2.19 bits per heavy atom. The zero-order chi connectivity index (χ0) is 13.6. The van der Waals surface area contributed by atoms with E-state index in [1.54, 1.807) is 0 Å². The number of carbonyl (C=O) groups excluding carboxylic acids is 1. The van der Waals surface area contributed by atoms with Crippen molar-refractivity contribution >= 4 is 18.3 Å². The molecule has 114 valence electrons. The Kier molecular flexibility index (Phi) is 3.84. The summed E-state index contributed by atoms with van der Waals surface area (Å²) in [5.41, 5.74) is 1.49. The minimum absolute atomic E-state index is 0. The second-order valence-corrected chi connectivity index (χ2v) is 6.35. The molecular formula is C16H21ClN2O2. The Morgan fingerprint density at radius 3 is 2.95 bits per heavy atom. The fourth-order valence-corrected chi connectivity index (χ4v) is 3.79. The fourth-order valence-electron chi connectivity index (χ4n) is 3.79. The van der Waals surface area contributed by atoms with E-state index in [2.05, 4.69) is 11.4 Å². The maximum Gasteiger partial charge on any atom is 0.264 e. The molecule has 1 spiro atoms. The third kappa shape index (κ3) is 2.51. The lowest BCUT2D eigenvalue weighted by molar-refractivity contribution is -0.137. The standard InChI is InChI=1S/C16H20N2O2.ClH/c19-15(14-9-12-3-1-2-4-13(12)20-14)18-8-6-16(11-18)5-7-17-10-16;/h1-4,14,17H,5-11H2;1H. The number of benzene rings is 1. The summed E-state index contributed by atoms with van der Waals surface area (Å²) < 4.78 is 5.83. The number of nitrogens with one attached hydrogen (secondary N) is 1. The van der Waals surface area contributed by atoms with Gasteiger partial charge in [-0.15, -0.1) is 12.4 Å². The molecule has 2 unspecified atom stereocenters. The molecule has 1 aromatic rings. The average molecular weight is 309 g/mol. The molecule has 2 fully saturated rings. The number of hydrogen-bond acceptors (Lipinski definition) is 3. The van der Waals surface area contributed by atoms with Gasteiger partial charge in [0.1, 0.15) is 5.75 Å². The average Bonchev–Trinajstić information content (AvgIpc) is 3.19. The first-order valence-electron chi connectivity index (χ1n) is 7.50. The normalized spacial score (nSPS) is 30.1. The molecule has 4 nitrogen and oxygen atoms in total. The first-order valence-corrected chi connectivity index (χ1v) is 7.50. The number of halogens is 1. The summed E-state index contributed by atoms with van der Waals surface area (Å²) in [6.45, 7) is 3.93. The fraction of sp³-hybridized carbons (Fsp3) is 0.562. The van der Waals surface area contributed by atoms with Gasteiger partial charge < -0.3 is 15.0 Å². The summed E-state index contributed by atoms with van der Waals surface area (Å²) in [6.07, 6.45) is 2.74. The highest BCUT2D eigenvalue weighted by atomic mass is 35.5. The predicted molar refractivity (Wildman–Crippen MR) is 82.9 cm³/mol. The number of hydrogen-bond donors (Lipinski definition) is 1. The van der Waals surface area contributed by atoms with Crippen molar-refractivity contribution in [2.45, 2.75) is 25.4 Å². The van der Waals surface area contributed by atoms with Crippen molar-refractivity contribution in [3.05, 3.63) is 29.8 Å². The molecule has 1 aromatic carbocycles. The van der Waals surface area contributed by atoms with Gasteiger partial charge in [-0.2, -0.15) is 0 Å². The molecule has 0 aromatic heterocycles. The van der Waals surface area contributed by atoms with Crippen molar-refractivity contribution in [1.82, 2.24) is 10.2 Å². The van der Waals surface area contributed by atoms with Gasteiger partial charge in [0.05, 0.1) is 0 Å². The predicted octanol–water partition coefficient (Wildman–Crippen LogP) is 1.62. The van der Waals surface area contributed by atoms with E-state index < -0.39 is 0 Å². The van der Waals surface area contributed by atoms with Crippen LogP contribution in [0.1, 0.15) is 18.4 Å². The molecule has 5 heteroatoms. The van der Waals surface area contributed by atoms with Crippen LogP contribution in [0.2, 0.25) is 0 Å². The lowest BCUT2D eigenvalue weighted by Crippen LogP contribution is -2.41. The molecule has 3 aliphatic rings. The molecule has 1 amide bonds. The van der Waals surface area contributed by atoms with Gasteiger partial charge in [-0.3, -0.25) is 4.79 Å². The summed E-state index contributed by atoms with van der Waals surface area (Å²) in [5, 5.41) is 3.43. The molecule has 0 radical (unpaired) electrons. The Labute approximate surface area is 131 Å². The Morgan fingerprint density at radius 1 is 1.33 bits per heavy atom. The molecule has 0 bridgehead atoms. The number of nitrogens with zero attached hydrogens (tertiary/aromatic N) is 1. The van der Waals surface area contributed by atoms with Gasteiger partial charge >= 0.3 is 0 Å². The van der Waals surface area contributed by atoms with Crippen molar-refractivity contribution < 1.29 is 9.53 Å². The second-order valence-electron chi connectivity index (χ2n) is 6.35. The first kappa shape index (κ1) is 14.7. The van der Waals surface area contributed by atoms with Crippen molar-refractivity contribution in [1.29, 1.82) is 0 Å². The largest absolute Gasteiger partial charge is 0.480 e. The molecule has 3 aliphatic heterocycles. The summed E-state index contributed by atoms with van der Waals surface area (Å²) in [4.78, 5) is 14.7. The number of rotatable bonds is 1. The van der Waals surface area contributed by atoms with Crippen LogP contribution in [0, 0.1) is 5.41 Å². The number of likely N-dealkylation sites (tertiary alicyclic amines) is 1. The molecule has 0 saturated carbocycles. The maximum absolute atomic E-state index is 12.6. The third-order valence-electron chi connectivity index (χ3n) is 5.00. The van der Waals surface area contributed by atoms with Gasteiger partial charge in [0, 0.05) is 31.5 Å². The number of para-hydroxylation sites is 1. The minimum Gasteiger partial charge on any atom is -0.480 e. The van der Waals surface area contributed by atoms with Crippen LogP contribution in [-0.2, 0) is 11.2 Å². The van der Waals surface area contributed by atoms with Crippen LogP contribution in [0.25, 0.3) is 0 Å². The van der Waals surface area contributed by atoms with Gasteiger partial charge in [0.15, 0.2) is 6.10 Å². The molecule has 0 aliphatic carbocycles. The number of ether oxygens (including phenoxy) is 1. The van der Waals surface area contributed by atoms with Crippen LogP contribution in [0.4, 0.5) is 0 Å². The van der Waals surface area contributed by atoms with E-state index in [0.29, 0.717) is 5.41 Å². The topological polar surface area (TPSA) is 41.6 Å². The summed E-state index contributed by atoms with van der Waals surface area (Å²) in [6, 6.07) is 7.97. The van der Waals surface area contributed by atoms with E-state index in [0.717, 1.165) is 50.3 Å². The summed E-state index contributed by atoms with van der Waals surface area (Å²) in [7, 11) is 0. The molecule has 2 saturated heterocycles. The quantitative estimate of drug-likeness (QED) is 0.857. The molecule has 2 atom stereocenters. The van der Waals surface area contributed by atoms with E-state index in [1.165, 1.54) is 6.42 Å². The monoisotopic (exact) mass is 308 g/mol. The number of fused-ring (bicyclic) bond motifs is 1. The van der Waals surface area contributed by atoms with Gasteiger partial charge in [0.25, 0.3) is 5.91 Å². The first-order chi connectivity index (χ1) is 9.76. The van der Waals surface area contributed by atoms with E-state index in [-0.39, 0.29) is 24.4 Å². The molecule has 3 heterocycles. The Hall–Kier alpha value is -1.26. The maximum atomic E-state index is 12.6. The highest BCUT2D eigenvalue weighted by molar-refractivity contribution is 5.85. The van der Waals surface area contributed by atoms with Gasteiger partial charge in [-0.25, -0.2) is 0 Å². The van der Waals surface area contributed by atoms with Crippen molar-refractivity contribution in [3.63, 3.8) is 0 Å². The molecular weight excluding hydrogens is 288 g/mol. The van der Waals surface area contributed by atoms with Crippen molar-refractivity contribution in [2.24, 2.45) is 5.41 Å². The lowest BCUT2D eigenvalue weighted by atomic mass is 9.86. The lowest BCUT2D eigenvalue weighted by Gasteiger charge is -2.24. The van der Waals surface area contributed by atoms with Gasteiger partial charge in [-0.05, 0) is 31.0 Å². The van der Waals surface area contributed by atoms with E-state index in [9.17, 15) is 4.79 Å². The Bertz CT molecular complexity index is 518. The van der Waals surface area contributed by atoms with Crippen molar-refractivity contribution in [3.8, 4) is 5.75 Å². The van der Waals surface area contributed by atoms with Crippen LogP contribution in [0.5, 0.6) is 5.75 Å². The van der Waals surface area contributed by atoms with Crippen LogP contribution < -0.4 is 10.1 Å². The molecule has 4 rings (SSSR count). The molecule has 1 N–H and O–H groups in total. The Balaban J connectivity index is 0.00000132. The van der Waals surface area contributed by atoms with Gasteiger partial charge in [-0.1, -0.05) is 18.2 Å². The van der Waals surface area contributed by atoms with Crippen LogP contribution >= 0.6 is 12.4 Å². The summed E-state index contributed by atoms with van der Waals surface area (Å²) >= 11 is 0. The van der Waals surface area contributed by atoms with Gasteiger partial charge in [0.2, 0.25) is 0 Å². The van der Waals surface area contributed by atoms with Crippen LogP contribution in [0.3, 0.4) is 0 Å². The second kappa shape index (κ2) is 5.50.